The van der Waals surface area contributed by atoms with E-state index < -0.39 is 0 Å². The number of benzene rings is 3. The minimum absolute atomic E-state index is 0.759. The van der Waals surface area contributed by atoms with E-state index in [4.69, 9.17) is 4.74 Å². The topological polar surface area (TPSA) is 61.9 Å². The molecule has 0 bridgehead atoms. The number of hydrogen-bond acceptors (Lipinski definition) is 6. The zero-order chi connectivity index (χ0) is 19.9. The molecule has 3 aromatic carbocycles. The van der Waals surface area contributed by atoms with Crippen LogP contribution in [0.3, 0.4) is 0 Å². The number of rotatable bonds is 6. The first kappa shape index (κ1) is 18.8. The summed E-state index contributed by atoms with van der Waals surface area (Å²) in [5.74, 6) is 0.796. The number of methoxy groups -OCH3 is 1. The Morgan fingerprint density at radius 3 is 1.38 bits per heavy atom. The zero-order valence-corrected chi connectivity index (χ0v) is 16.4. The van der Waals surface area contributed by atoms with Gasteiger partial charge in [0.1, 0.15) is 5.75 Å². The average Bonchev–Trinajstić information content (AvgIpc) is 3.33. The third-order valence-corrected chi connectivity index (χ3v) is 4.80. The number of azo groups is 2. The van der Waals surface area contributed by atoms with Gasteiger partial charge in [-0.3, -0.25) is 0 Å². The largest absolute Gasteiger partial charge is 0.497 e. The van der Waals surface area contributed by atoms with Crippen LogP contribution in [0.5, 0.6) is 5.75 Å². The molecular formula is C23H23N5O. The van der Waals surface area contributed by atoms with Crippen LogP contribution in [0, 0.1) is 0 Å². The van der Waals surface area contributed by atoms with Crippen LogP contribution < -0.4 is 9.64 Å². The van der Waals surface area contributed by atoms with Gasteiger partial charge in [0.2, 0.25) is 0 Å². The summed E-state index contributed by atoms with van der Waals surface area (Å²) >= 11 is 0. The predicted octanol–water partition coefficient (Wildman–Crippen LogP) is 7.13. The van der Waals surface area contributed by atoms with Crippen LogP contribution >= 0.6 is 0 Å². The van der Waals surface area contributed by atoms with Crippen molar-refractivity contribution in [1.82, 2.24) is 0 Å². The van der Waals surface area contributed by atoms with Gasteiger partial charge in [-0.25, -0.2) is 0 Å². The highest BCUT2D eigenvalue weighted by Crippen LogP contribution is 2.26. The third-order valence-electron chi connectivity index (χ3n) is 4.80. The van der Waals surface area contributed by atoms with Crippen LogP contribution in [0.1, 0.15) is 12.8 Å². The average molecular weight is 385 g/mol. The maximum Gasteiger partial charge on any atom is 0.119 e. The molecule has 1 fully saturated rings. The Hall–Kier alpha value is -3.54. The Morgan fingerprint density at radius 1 is 0.586 bits per heavy atom. The molecular weight excluding hydrogens is 362 g/mol. The minimum atomic E-state index is 0.759. The highest BCUT2D eigenvalue weighted by atomic mass is 16.5. The van der Waals surface area contributed by atoms with E-state index in [2.05, 4.69) is 37.5 Å². The van der Waals surface area contributed by atoms with Crippen LogP contribution in [0.25, 0.3) is 0 Å². The van der Waals surface area contributed by atoms with E-state index in [0.29, 0.717) is 0 Å². The van der Waals surface area contributed by atoms with Gasteiger partial charge in [0.25, 0.3) is 0 Å². The van der Waals surface area contributed by atoms with Crippen LogP contribution in [0.15, 0.2) is 93.3 Å². The van der Waals surface area contributed by atoms with Crippen molar-refractivity contribution in [3.8, 4) is 5.75 Å². The van der Waals surface area contributed by atoms with E-state index in [9.17, 15) is 0 Å². The first-order valence-corrected chi connectivity index (χ1v) is 9.73. The molecule has 1 aliphatic rings. The van der Waals surface area contributed by atoms with E-state index >= 15 is 0 Å². The van der Waals surface area contributed by atoms with Gasteiger partial charge in [-0.05, 0) is 85.6 Å². The minimum Gasteiger partial charge on any atom is -0.497 e. The van der Waals surface area contributed by atoms with E-state index in [-0.39, 0.29) is 0 Å². The van der Waals surface area contributed by atoms with Crippen molar-refractivity contribution >= 4 is 28.4 Å². The molecule has 4 rings (SSSR count). The molecule has 6 nitrogen and oxygen atoms in total. The fraction of sp³-hybridized carbons (Fsp3) is 0.217. The Morgan fingerprint density at radius 2 is 0.966 bits per heavy atom. The summed E-state index contributed by atoms with van der Waals surface area (Å²) in [6.07, 6.45) is 2.55. The summed E-state index contributed by atoms with van der Waals surface area (Å²) in [4.78, 5) is 2.40. The Kier molecular flexibility index (Phi) is 5.90. The molecule has 146 valence electrons. The maximum atomic E-state index is 5.14. The summed E-state index contributed by atoms with van der Waals surface area (Å²) in [5.41, 5.74) is 4.41. The molecule has 3 aromatic rings. The van der Waals surface area contributed by atoms with Gasteiger partial charge in [0.15, 0.2) is 0 Å². The SMILES string of the molecule is COc1ccc(N=Nc2ccc(N=Nc3ccc(N4CCCC4)cc3)cc2)cc1. The summed E-state index contributed by atoms with van der Waals surface area (Å²) in [5, 5.41) is 17.1. The first-order chi connectivity index (χ1) is 14.3. The summed E-state index contributed by atoms with van der Waals surface area (Å²) < 4.78 is 5.14. The lowest BCUT2D eigenvalue weighted by molar-refractivity contribution is 0.415. The Bertz CT molecular complexity index is 973. The van der Waals surface area contributed by atoms with Crippen molar-refractivity contribution < 1.29 is 4.74 Å². The summed E-state index contributed by atoms with van der Waals surface area (Å²) in [6.45, 7) is 2.28. The molecule has 1 aliphatic heterocycles. The zero-order valence-electron chi connectivity index (χ0n) is 16.4. The smallest absolute Gasteiger partial charge is 0.119 e. The van der Waals surface area contributed by atoms with Crippen LogP contribution in [-0.4, -0.2) is 20.2 Å². The third kappa shape index (κ3) is 5.04. The molecule has 0 saturated carbocycles. The van der Waals surface area contributed by atoms with Gasteiger partial charge in [-0.1, -0.05) is 0 Å². The van der Waals surface area contributed by atoms with E-state index in [0.717, 1.165) is 41.6 Å². The second-order valence-electron chi connectivity index (χ2n) is 6.82. The van der Waals surface area contributed by atoms with Crippen molar-refractivity contribution in [3.63, 3.8) is 0 Å². The van der Waals surface area contributed by atoms with Crippen molar-refractivity contribution in [1.29, 1.82) is 0 Å². The Balaban J connectivity index is 1.36. The van der Waals surface area contributed by atoms with Gasteiger partial charge in [0, 0.05) is 18.8 Å². The molecule has 0 radical (unpaired) electrons. The standard InChI is InChI=1S/C23H23N5O/c1-29-23-14-10-21(11-15-23)27-25-19-6-4-18(5-7-19)24-26-20-8-12-22(13-9-20)28-16-2-3-17-28/h4-15H,2-3,16-17H2,1H3. The fourth-order valence-corrected chi connectivity index (χ4v) is 3.17. The van der Waals surface area contributed by atoms with Gasteiger partial charge >= 0.3 is 0 Å². The van der Waals surface area contributed by atoms with Gasteiger partial charge in [-0.15, -0.1) is 0 Å². The number of ether oxygens (including phenoxy) is 1. The maximum absolute atomic E-state index is 5.14. The number of anilines is 1. The summed E-state index contributed by atoms with van der Waals surface area (Å²) in [7, 11) is 1.64. The molecule has 6 heteroatoms. The molecule has 0 aromatic heterocycles. The first-order valence-electron chi connectivity index (χ1n) is 9.73. The lowest BCUT2D eigenvalue weighted by Gasteiger charge is -2.17. The predicted molar refractivity (Wildman–Crippen MR) is 116 cm³/mol. The molecule has 1 heterocycles. The summed E-state index contributed by atoms with van der Waals surface area (Å²) in [6, 6.07) is 23.2. The normalized spacial score (nSPS) is 14.2. The molecule has 0 aliphatic carbocycles. The number of hydrogen-bond donors (Lipinski definition) is 0. The van der Waals surface area contributed by atoms with Gasteiger partial charge in [0.05, 0.1) is 29.9 Å². The van der Waals surface area contributed by atoms with Crippen molar-refractivity contribution in [2.75, 3.05) is 25.1 Å². The highest BCUT2D eigenvalue weighted by molar-refractivity contribution is 5.54. The molecule has 1 saturated heterocycles. The van der Waals surface area contributed by atoms with Crippen LogP contribution in [-0.2, 0) is 0 Å². The van der Waals surface area contributed by atoms with Crippen LogP contribution in [0.4, 0.5) is 28.4 Å². The van der Waals surface area contributed by atoms with E-state index in [1.807, 2.05) is 60.7 Å². The van der Waals surface area contributed by atoms with Crippen molar-refractivity contribution in [2.24, 2.45) is 20.5 Å². The molecule has 0 unspecified atom stereocenters. The molecule has 0 amide bonds. The lowest BCUT2D eigenvalue weighted by Crippen LogP contribution is -2.17. The van der Waals surface area contributed by atoms with E-state index in [1.165, 1.54) is 18.5 Å². The Labute approximate surface area is 170 Å². The van der Waals surface area contributed by atoms with Crippen LogP contribution in [0.2, 0.25) is 0 Å². The van der Waals surface area contributed by atoms with E-state index in [1.54, 1.807) is 7.11 Å². The highest BCUT2D eigenvalue weighted by Gasteiger charge is 2.11. The number of nitrogens with zero attached hydrogens (tertiary/aromatic N) is 5. The second kappa shape index (κ2) is 9.10. The molecule has 0 atom stereocenters. The van der Waals surface area contributed by atoms with Gasteiger partial charge < -0.3 is 9.64 Å². The molecule has 29 heavy (non-hydrogen) atoms. The van der Waals surface area contributed by atoms with Gasteiger partial charge in [-0.2, -0.15) is 20.5 Å². The van der Waals surface area contributed by atoms with Crippen molar-refractivity contribution in [2.45, 2.75) is 12.8 Å². The molecule has 0 spiro atoms. The second-order valence-corrected chi connectivity index (χ2v) is 6.82. The van der Waals surface area contributed by atoms with Crippen molar-refractivity contribution in [3.05, 3.63) is 72.8 Å². The molecule has 0 N–H and O–H groups in total. The lowest BCUT2D eigenvalue weighted by atomic mass is 10.2. The monoisotopic (exact) mass is 385 g/mol. The fourth-order valence-electron chi connectivity index (χ4n) is 3.17. The quantitative estimate of drug-likeness (QED) is 0.424.